The van der Waals surface area contributed by atoms with E-state index in [1.807, 2.05) is 48.5 Å². The molecule has 1 aliphatic carbocycles. The summed E-state index contributed by atoms with van der Waals surface area (Å²) < 4.78 is 12.3. The molecule has 2 aliphatic heterocycles. The number of ether oxygens (including phenoxy) is 2. The number of nitrogens with zero attached hydrogens (tertiary/aromatic N) is 2. The van der Waals surface area contributed by atoms with Crippen LogP contribution in [0.25, 0.3) is 0 Å². The number of carbonyl (C=O) groups is 1. The summed E-state index contributed by atoms with van der Waals surface area (Å²) in [6, 6.07) is 20.2. The lowest BCUT2D eigenvalue weighted by Crippen LogP contribution is -2.55. The van der Waals surface area contributed by atoms with E-state index in [9.17, 15) is 4.79 Å². The molecule has 0 amide bonds. The van der Waals surface area contributed by atoms with Gasteiger partial charge in [0.2, 0.25) is 0 Å². The zero-order chi connectivity index (χ0) is 24.3. The fourth-order valence-corrected chi connectivity index (χ4v) is 6.23. The third-order valence-corrected chi connectivity index (χ3v) is 8.50. The Hall–Kier alpha value is -2.37. The molecule has 0 spiro atoms. The summed E-state index contributed by atoms with van der Waals surface area (Å²) in [7, 11) is 0. The number of benzene rings is 2. The first kappa shape index (κ1) is 24.3. The van der Waals surface area contributed by atoms with E-state index in [1.165, 1.54) is 6.42 Å². The van der Waals surface area contributed by atoms with Gasteiger partial charge < -0.3 is 9.47 Å². The number of carbonyl (C=O) groups excluding carboxylic acids is 1. The van der Waals surface area contributed by atoms with Crippen LogP contribution in [0, 0.1) is 11.3 Å². The summed E-state index contributed by atoms with van der Waals surface area (Å²) in [4.78, 5) is 18.8. The summed E-state index contributed by atoms with van der Waals surface area (Å²) >= 11 is 0. The highest BCUT2D eigenvalue weighted by atomic mass is 16.5. The molecule has 0 bridgehead atoms. The summed E-state index contributed by atoms with van der Waals surface area (Å²) in [6.45, 7) is 9.88. The van der Waals surface area contributed by atoms with Gasteiger partial charge in [0.15, 0.2) is 0 Å². The summed E-state index contributed by atoms with van der Waals surface area (Å²) in [6.07, 6.45) is 5.59. The fraction of sp³-hybridized carbons (Fsp3) is 0.567. The third kappa shape index (κ3) is 5.26. The molecule has 3 aliphatic rings. The number of fused-ring (bicyclic) bond motifs is 1. The van der Waals surface area contributed by atoms with Crippen molar-refractivity contribution >= 4 is 5.97 Å². The SMILES string of the molecule is CC12CC1C(OC(=O)C(C)(c1ccccc1)N1CCCCC1)CN(CCCOc1ccccc1)C2. The van der Waals surface area contributed by atoms with E-state index in [4.69, 9.17) is 9.47 Å². The Morgan fingerprint density at radius 2 is 1.71 bits per heavy atom. The van der Waals surface area contributed by atoms with Crippen molar-refractivity contribution in [1.82, 2.24) is 9.80 Å². The standard InChI is InChI=1S/C30H40N2O3/c1-29-21-26(29)27(22-31(23-29)17-12-20-34-25-15-8-4-9-16-25)35-28(33)30(2,24-13-6-3-7-14-24)32-18-10-5-11-19-32/h3-4,6-9,13-16,26-27H,5,10-12,17-23H2,1-2H3. The molecule has 5 rings (SSSR count). The molecule has 0 aromatic heterocycles. The molecule has 4 unspecified atom stereocenters. The van der Waals surface area contributed by atoms with Crippen LogP contribution in [0.3, 0.4) is 0 Å². The topological polar surface area (TPSA) is 42.0 Å². The molecular weight excluding hydrogens is 436 g/mol. The molecule has 2 aromatic rings. The molecule has 0 radical (unpaired) electrons. The largest absolute Gasteiger partial charge is 0.494 e. The highest BCUT2D eigenvalue weighted by Crippen LogP contribution is 2.58. The number of hydrogen-bond acceptors (Lipinski definition) is 5. The van der Waals surface area contributed by atoms with Crippen LogP contribution in [0.15, 0.2) is 60.7 Å². The Morgan fingerprint density at radius 1 is 1.03 bits per heavy atom. The van der Waals surface area contributed by atoms with Crippen LogP contribution < -0.4 is 4.74 Å². The maximum Gasteiger partial charge on any atom is 0.331 e. The lowest BCUT2D eigenvalue weighted by molar-refractivity contribution is -0.169. The second-order valence-electron chi connectivity index (χ2n) is 11.1. The van der Waals surface area contributed by atoms with Gasteiger partial charge in [0.1, 0.15) is 17.4 Å². The van der Waals surface area contributed by atoms with Gasteiger partial charge in [-0.25, -0.2) is 4.79 Å². The minimum atomic E-state index is -0.737. The second kappa shape index (κ2) is 10.3. The van der Waals surface area contributed by atoms with E-state index in [2.05, 4.69) is 35.8 Å². The number of rotatable bonds is 9. The molecule has 2 heterocycles. The third-order valence-electron chi connectivity index (χ3n) is 8.50. The van der Waals surface area contributed by atoms with E-state index < -0.39 is 5.54 Å². The molecule has 3 fully saturated rings. The lowest BCUT2D eigenvalue weighted by Gasteiger charge is -2.43. The van der Waals surface area contributed by atoms with Crippen LogP contribution in [-0.2, 0) is 15.1 Å². The van der Waals surface area contributed by atoms with Crippen LogP contribution in [0.1, 0.15) is 51.5 Å². The van der Waals surface area contributed by atoms with Crippen LogP contribution >= 0.6 is 0 Å². The zero-order valence-corrected chi connectivity index (χ0v) is 21.3. The van der Waals surface area contributed by atoms with Crippen molar-refractivity contribution < 1.29 is 14.3 Å². The van der Waals surface area contributed by atoms with E-state index >= 15 is 0 Å². The van der Waals surface area contributed by atoms with Crippen molar-refractivity contribution in [1.29, 1.82) is 0 Å². The maximum absolute atomic E-state index is 13.9. The smallest absolute Gasteiger partial charge is 0.331 e. The minimum absolute atomic E-state index is 0.0379. The van der Waals surface area contributed by atoms with Gasteiger partial charge in [-0.2, -0.15) is 0 Å². The van der Waals surface area contributed by atoms with Crippen LogP contribution in [0.4, 0.5) is 0 Å². The number of esters is 1. The fourth-order valence-electron chi connectivity index (χ4n) is 6.23. The van der Waals surface area contributed by atoms with Gasteiger partial charge in [0.25, 0.3) is 0 Å². The number of hydrogen-bond donors (Lipinski definition) is 0. The van der Waals surface area contributed by atoms with E-state index in [1.54, 1.807) is 0 Å². The molecule has 5 heteroatoms. The summed E-state index contributed by atoms with van der Waals surface area (Å²) in [5, 5.41) is 0. The van der Waals surface area contributed by atoms with Crippen molar-refractivity contribution in [2.45, 2.75) is 57.6 Å². The van der Waals surface area contributed by atoms with E-state index in [-0.39, 0.29) is 17.5 Å². The molecule has 2 saturated heterocycles. The normalized spacial score (nSPS) is 28.5. The first-order chi connectivity index (χ1) is 17.0. The summed E-state index contributed by atoms with van der Waals surface area (Å²) in [5.41, 5.74) is 0.562. The van der Waals surface area contributed by atoms with Gasteiger partial charge in [-0.1, -0.05) is 61.9 Å². The first-order valence-electron chi connectivity index (χ1n) is 13.4. The van der Waals surface area contributed by atoms with Crippen molar-refractivity contribution in [3.63, 3.8) is 0 Å². The van der Waals surface area contributed by atoms with Crippen molar-refractivity contribution in [3.8, 4) is 5.75 Å². The van der Waals surface area contributed by atoms with Crippen LogP contribution in [0.2, 0.25) is 0 Å². The quantitative estimate of drug-likeness (QED) is 0.372. The van der Waals surface area contributed by atoms with E-state index in [0.717, 1.165) is 69.7 Å². The highest BCUT2D eigenvalue weighted by Gasteiger charge is 2.59. The van der Waals surface area contributed by atoms with Gasteiger partial charge in [-0.3, -0.25) is 9.80 Å². The predicted octanol–water partition coefficient (Wildman–Crippen LogP) is 5.11. The van der Waals surface area contributed by atoms with Gasteiger partial charge in [-0.15, -0.1) is 0 Å². The van der Waals surface area contributed by atoms with Crippen LogP contribution in [-0.4, -0.2) is 61.2 Å². The van der Waals surface area contributed by atoms with Crippen molar-refractivity contribution in [2.24, 2.45) is 11.3 Å². The Labute approximate surface area is 210 Å². The predicted molar refractivity (Wildman–Crippen MR) is 138 cm³/mol. The second-order valence-corrected chi connectivity index (χ2v) is 11.1. The lowest BCUT2D eigenvalue weighted by atomic mass is 9.88. The minimum Gasteiger partial charge on any atom is -0.494 e. The van der Waals surface area contributed by atoms with Crippen molar-refractivity contribution in [3.05, 3.63) is 66.2 Å². The Kier molecular flexibility index (Phi) is 7.17. The molecule has 4 atom stereocenters. The Balaban J connectivity index is 1.23. The molecule has 2 aromatic carbocycles. The number of para-hydroxylation sites is 1. The molecule has 188 valence electrons. The molecule has 0 N–H and O–H groups in total. The number of piperidine rings is 2. The monoisotopic (exact) mass is 476 g/mol. The van der Waals surface area contributed by atoms with Gasteiger partial charge in [-0.05, 0) is 68.8 Å². The van der Waals surface area contributed by atoms with E-state index in [0.29, 0.717) is 12.5 Å². The first-order valence-corrected chi connectivity index (χ1v) is 13.4. The van der Waals surface area contributed by atoms with Gasteiger partial charge in [0, 0.05) is 25.6 Å². The maximum atomic E-state index is 13.9. The Morgan fingerprint density at radius 3 is 2.43 bits per heavy atom. The van der Waals surface area contributed by atoms with Crippen LogP contribution in [0.5, 0.6) is 5.75 Å². The average molecular weight is 477 g/mol. The summed E-state index contributed by atoms with van der Waals surface area (Å²) in [5.74, 6) is 1.31. The zero-order valence-electron chi connectivity index (χ0n) is 21.3. The number of likely N-dealkylation sites (tertiary alicyclic amines) is 2. The molecule has 1 saturated carbocycles. The highest BCUT2D eigenvalue weighted by molar-refractivity contribution is 5.82. The average Bonchev–Trinajstić information content (AvgIpc) is 3.59. The van der Waals surface area contributed by atoms with Gasteiger partial charge >= 0.3 is 5.97 Å². The molecule has 5 nitrogen and oxygen atoms in total. The van der Waals surface area contributed by atoms with Gasteiger partial charge in [0.05, 0.1) is 6.61 Å². The van der Waals surface area contributed by atoms with Crippen molar-refractivity contribution in [2.75, 3.05) is 39.3 Å². The molecular formula is C30H40N2O3. The Bertz CT molecular complexity index is 978. The molecule has 35 heavy (non-hydrogen) atoms.